The minimum atomic E-state index is -2.97. The minimum Gasteiger partial charge on any atom is -0.481 e. The highest BCUT2D eigenvalue weighted by Gasteiger charge is 2.40. The molecule has 64 valence electrons. The van der Waals surface area contributed by atoms with Gasteiger partial charge in [0, 0.05) is 6.42 Å². The number of carboxylic acid groups (broad SMARTS) is 1. The molecule has 1 heterocycles. The van der Waals surface area contributed by atoms with Crippen LogP contribution in [0.1, 0.15) is 6.42 Å². The van der Waals surface area contributed by atoms with Gasteiger partial charge in [-0.05, 0) is 0 Å². The van der Waals surface area contributed by atoms with E-state index in [9.17, 15) is 13.6 Å². The molecule has 1 saturated heterocycles. The van der Waals surface area contributed by atoms with E-state index in [1.54, 1.807) is 0 Å². The van der Waals surface area contributed by atoms with Crippen LogP contribution in [0, 0.1) is 5.92 Å². The van der Waals surface area contributed by atoms with Gasteiger partial charge in [-0.25, -0.2) is 8.78 Å². The second-order valence-electron chi connectivity index (χ2n) is 2.61. The van der Waals surface area contributed by atoms with Crippen molar-refractivity contribution in [2.75, 3.05) is 13.2 Å². The molecule has 1 rings (SSSR count). The summed E-state index contributed by atoms with van der Waals surface area (Å²) in [6.45, 7) is -0.762. The van der Waals surface area contributed by atoms with E-state index in [1.807, 2.05) is 0 Å². The molecule has 3 nitrogen and oxygen atoms in total. The Morgan fingerprint density at radius 2 is 2.27 bits per heavy atom. The molecule has 0 bridgehead atoms. The first-order valence-electron chi connectivity index (χ1n) is 3.20. The molecule has 1 unspecified atom stereocenters. The predicted molar refractivity (Wildman–Crippen MR) is 31.5 cm³/mol. The zero-order valence-corrected chi connectivity index (χ0v) is 5.72. The van der Waals surface area contributed by atoms with Gasteiger partial charge < -0.3 is 9.84 Å². The van der Waals surface area contributed by atoms with Gasteiger partial charge in [0.15, 0.2) is 0 Å². The average molecular weight is 166 g/mol. The van der Waals surface area contributed by atoms with Crippen molar-refractivity contribution >= 4 is 5.97 Å². The molecule has 0 aromatic heterocycles. The van der Waals surface area contributed by atoms with Gasteiger partial charge in [0.25, 0.3) is 5.92 Å². The van der Waals surface area contributed by atoms with Crippen molar-refractivity contribution in [3.63, 3.8) is 0 Å². The van der Waals surface area contributed by atoms with Crippen LogP contribution in [0.3, 0.4) is 0 Å². The third-order valence-electron chi connectivity index (χ3n) is 1.53. The van der Waals surface area contributed by atoms with Gasteiger partial charge in [0.2, 0.25) is 0 Å². The van der Waals surface area contributed by atoms with Gasteiger partial charge in [0.1, 0.15) is 6.61 Å². The zero-order chi connectivity index (χ0) is 8.48. The fraction of sp³-hybridized carbons (Fsp3) is 0.833. The summed E-state index contributed by atoms with van der Waals surface area (Å²) in [5.74, 6) is -5.25. The topological polar surface area (TPSA) is 46.5 Å². The molecule has 0 amide bonds. The van der Waals surface area contributed by atoms with E-state index in [0.29, 0.717) is 0 Å². The van der Waals surface area contributed by atoms with Crippen molar-refractivity contribution in [3.05, 3.63) is 0 Å². The van der Waals surface area contributed by atoms with E-state index in [-0.39, 0.29) is 6.61 Å². The molecular weight excluding hydrogens is 158 g/mol. The molecule has 0 spiro atoms. The molecule has 1 fully saturated rings. The summed E-state index contributed by atoms with van der Waals surface area (Å²) in [5, 5.41) is 8.36. The summed E-state index contributed by atoms with van der Waals surface area (Å²) in [6, 6.07) is 0. The van der Waals surface area contributed by atoms with Crippen LogP contribution in [0.2, 0.25) is 0 Å². The molecule has 1 aliphatic rings. The zero-order valence-electron chi connectivity index (χ0n) is 5.72. The SMILES string of the molecule is O=C(O)C1COCC(F)(F)C1. The molecule has 1 atom stereocenters. The van der Waals surface area contributed by atoms with Gasteiger partial charge in [-0.15, -0.1) is 0 Å². The Balaban J connectivity index is 2.53. The van der Waals surface area contributed by atoms with Crippen LogP contribution in [0.5, 0.6) is 0 Å². The number of hydrogen-bond donors (Lipinski definition) is 1. The normalized spacial score (nSPS) is 29.8. The molecule has 1 aliphatic heterocycles. The van der Waals surface area contributed by atoms with Gasteiger partial charge >= 0.3 is 5.97 Å². The first kappa shape index (κ1) is 8.39. The van der Waals surface area contributed by atoms with Crippen molar-refractivity contribution in [2.45, 2.75) is 12.3 Å². The van der Waals surface area contributed by atoms with Gasteiger partial charge in [0.05, 0.1) is 12.5 Å². The van der Waals surface area contributed by atoms with E-state index in [4.69, 9.17) is 5.11 Å². The molecule has 11 heavy (non-hydrogen) atoms. The molecule has 0 radical (unpaired) electrons. The molecular formula is C6H8F2O3. The fourth-order valence-corrected chi connectivity index (χ4v) is 0.987. The van der Waals surface area contributed by atoms with Crippen LogP contribution in [0.15, 0.2) is 0 Å². The van der Waals surface area contributed by atoms with E-state index in [0.717, 1.165) is 0 Å². The first-order valence-corrected chi connectivity index (χ1v) is 3.20. The molecule has 1 N–H and O–H groups in total. The lowest BCUT2D eigenvalue weighted by Crippen LogP contribution is -2.38. The summed E-state index contributed by atoms with van der Waals surface area (Å²) in [4.78, 5) is 10.2. The number of alkyl halides is 2. The summed E-state index contributed by atoms with van der Waals surface area (Å²) in [5.41, 5.74) is 0. The molecule has 0 aliphatic carbocycles. The van der Waals surface area contributed by atoms with Gasteiger partial charge in [-0.1, -0.05) is 0 Å². The number of ether oxygens (including phenoxy) is 1. The summed E-state index contributed by atoms with van der Waals surface area (Å²) < 4.78 is 29.3. The Kier molecular flexibility index (Phi) is 2.08. The number of aliphatic carboxylic acids is 1. The Labute approximate surface area is 62.0 Å². The van der Waals surface area contributed by atoms with Crippen molar-refractivity contribution in [1.82, 2.24) is 0 Å². The van der Waals surface area contributed by atoms with Crippen LogP contribution in [-0.2, 0) is 9.53 Å². The summed E-state index contributed by atoms with van der Waals surface area (Å²) in [6.07, 6.45) is -0.609. The predicted octanol–water partition coefficient (Wildman–Crippen LogP) is 0.743. The molecule has 0 aromatic rings. The van der Waals surface area contributed by atoms with E-state index in [2.05, 4.69) is 4.74 Å². The van der Waals surface area contributed by atoms with E-state index in [1.165, 1.54) is 0 Å². The largest absolute Gasteiger partial charge is 0.481 e. The van der Waals surface area contributed by atoms with Gasteiger partial charge in [-0.2, -0.15) is 0 Å². The lowest BCUT2D eigenvalue weighted by atomic mass is 10.0. The van der Waals surface area contributed by atoms with E-state index >= 15 is 0 Å². The average Bonchev–Trinajstić information content (AvgIpc) is 1.85. The first-order chi connectivity index (χ1) is 5.01. The van der Waals surface area contributed by atoms with Gasteiger partial charge in [-0.3, -0.25) is 4.79 Å². The van der Waals surface area contributed by atoms with E-state index < -0.39 is 30.8 Å². The number of hydrogen-bond acceptors (Lipinski definition) is 2. The third kappa shape index (κ3) is 2.11. The smallest absolute Gasteiger partial charge is 0.309 e. The van der Waals surface area contributed by atoms with Crippen molar-refractivity contribution in [1.29, 1.82) is 0 Å². The Bertz CT molecular complexity index is 169. The number of carbonyl (C=O) groups is 1. The molecule has 0 saturated carbocycles. The van der Waals surface area contributed by atoms with Crippen LogP contribution >= 0.6 is 0 Å². The van der Waals surface area contributed by atoms with Crippen LogP contribution < -0.4 is 0 Å². The highest BCUT2D eigenvalue weighted by atomic mass is 19.3. The maximum atomic E-state index is 12.4. The lowest BCUT2D eigenvalue weighted by molar-refractivity contribution is -0.167. The summed E-state index contributed by atoms with van der Waals surface area (Å²) >= 11 is 0. The number of rotatable bonds is 1. The second kappa shape index (κ2) is 2.73. The Hall–Kier alpha value is -0.710. The quantitative estimate of drug-likeness (QED) is 0.625. The second-order valence-corrected chi connectivity index (χ2v) is 2.61. The van der Waals surface area contributed by atoms with Crippen molar-refractivity contribution in [3.8, 4) is 0 Å². The van der Waals surface area contributed by atoms with Crippen molar-refractivity contribution < 1.29 is 23.4 Å². The van der Waals surface area contributed by atoms with Crippen molar-refractivity contribution in [2.24, 2.45) is 5.92 Å². The standard InChI is InChI=1S/C6H8F2O3/c7-6(8)1-4(5(9)10)2-11-3-6/h4H,1-3H2,(H,9,10). The van der Waals surface area contributed by atoms with Crippen LogP contribution in [-0.4, -0.2) is 30.2 Å². The highest BCUT2D eigenvalue weighted by molar-refractivity contribution is 5.70. The highest BCUT2D eigenvalue weighted by Crippen LogP contribution is 2.28. The van der Waals surface area contributed by atoms with Crippen LogP contribution in [0.25, 0.3) is 0 Å². The minimum absolute atomic E-state index is 0.106. The monoisotopic (exact) mass is 166 g/mol. The fourth-order valence-electron chi connectivity index (χ4n) is 0.987. The van der Waals surface area contributed by atoms with Crippen LogP contribution in [0.4, 0.5) is 8.78 Å². The maximum Gasteiger partial charge on any atom is 0.309 e. The Morgan fingerprint density at radius 1 is 1.64 bits per heavy atom. The molecule has 0 aromatic carbocycles. The molecule has 5 heteroatoms. The number of carboxylic acids is 1. The lowest BCUT2D eigenvalue weighted by Gasteiger charge is -2.26. The number of halogens is 2. The maximum absolute atomic E-state index is 12.4. The summed E-state index contributed by atoms with van der Waals surface area (Å²) in [7, 11) is 0. The third-order valence-corrected chi connectivity index (χ3v) is 1.53. The Morgan fingerprint density at radius 3 is 2.64 bits per heavy atom.